The van der Waals surface area contributed by atoms with Gasteiger partial charge in [0.25, 0.3) is 0 Å². The summed E-state index contributed by atoms with van der Waals surface area (Å²) in [7, 11) is 1.75. The van der Waals surface area contributed by atoms with Crippen molar-refractivity contribution in [2.75, 3.05) is 12.4 Å². The first-order valence-corrected chi connectivity index (χ1v) is 10.6. The number of guanidine groups is 1. The van der Waals surface area contributed by atoms with Crippen LogP contribution in [0.1, 0.15) is 44.4 Å². The quantitative estimate of drug-likeness (QED) is 0.378. The Morgan fingerprint density at radius 1 is 1.00 bits per heavy atom. The maximum atomic E-state index is 11.8. The summed E-state index contributed by atoms with van der Waals surface area (Å²) in [5, 5.41) is 12.3. The van der Waals surface area contributed by atoms with E-state index < -0.39 is 0 Å². The number of hydrogen-bond acceptors (Lipinski definition) is 3. The lowest BCUT2D eigenvalue weighted by Gasteiger charge is -2.17. The van der Waals surface area contributed by atoms with Crippen LogP contribution in [0.25, 0.3) is 0 Å². The minimum atomic E-state index is -0.206. The zero-order valence-corrected chi connectivity index (χ0v) is 19.4. The number of anilines is 1. The molecule has 0 aromatic heterocycles. The van der Waals surface area contributed by atoms with Crippen LogP contribution in [-0.2, 0) is 13.1 Å². The van der Waals surface area contributed by atoms with Gasteiger partial charge in [0.15, 0.2) is 5.96 Å². The highest BCUT2D eigenvalue weighted by Gasteiger charge is 2.08. The van der Waals surface area contributed by atoms with E-state index in [2.05, 4.69) is 51.4 Å². The number of urea groups is 1. The minimum absolute atomic E-state index is 0.0932. The molecule has 31 heavy (non-hydrogen) atoms. The SMILES string of the molecule is CN=C(NCc1ccc(NC(=O)NC(C)C)cc1)NCc1ccc(C)cc1OC(C)C. The van der Waals surface area contributed by atoms with Crippen molar-refractivity contribution in [3.8, 4) is 5.75 Å². The van der Waals surface area contributed by atoms with E-state index in [4.69, 9.17) is 4.74 Å². The zero-order valence-electron chi connectivity index (χ0n) is 19.4. The predicted octanol–water partition coefficient (Wildman–Crippen LogP) is 4.18. The van der Waals surface area contributed by atoms with Gasteiger partial charge in [-0.2, -0.15) is 0 Å². The molecule has 168 valence electrons. The van der Waals surface area contributed by atoms with E-state index in [1.807, 2.05) is 52.0 Å². The normalized spacial score (nSPS) is 11.4. The number of carbonyl (C=O) groups is 1. The Labute approximate surface area is 185 Å². The molecule has 0 atom stereocenters. The van der Waals surface area contributed by atoms with Gasteiger partial charge >= 0.3 is 6.03 Å². The van der Waals surface area contributed by atoms with E-state index in [-0.39, 0.29) is 18.2 Å². The number of rotatable bonds is 8. The first kappa shape index (κ1) is 24.1. The molecular formula is C24H35N5O2. The van der Waals surface area contributed by atoms with E-state index in [0.29, 0.717) is 19.0 Å². The van der Waals surface area contributed by atoms with Crippen molar-refractivity contribution >= 4 is 17.7 Å². The van der Waals surface area contributed by atoms with E-state index in [9.17, 15) is 4.79 Å². The Kier molecular flexibility index (Phi) is 9.18. The number of benzene rings is 2. The van der Waals surface area contributed by atoms with Crippen LogP contribution >= 0.6 is 0 Å². The smallest absolute Gasteiger partial charge is 0.319 e. The third-order valence-corrected chi connectivity index (χ3v) is 4.35. The highest BCUT2D eigenvalue weighted by atomic mass is 16.5. The summed E-state index contributed by atoms with van der Waals surface area (Å²) in [5.74, 6) is 1.59. The Balaban J connectivity index is 1.88. The number of aryl methyl sites for hydroxylation is 1. The Morgan fingerprint density at radius 3 is 2.29 bits per heavy atom. The van der Waals surface area contributed by atoms with Crippen molar-refractivity contribution in [3.63, 3.8) is 0 Å². The van der Waals surface area contributed by atoms with Gasteiger partial charge in [0.2, 0.25) is 0 Å². The second-order valence-electron chi connectivity index (χ2n) is 8.01. The summed E-state index contributed by atoms with van der Waals surface area (Å²) in [6.45, 7) is 11.2. The van der Waals surface area contributed by atoms with Gasteiger partial charge in [-0.1, -0.05) is 24.3 Å². The van der Waals surface area contributed by atoms with Crippen molar-refractivity contribution in [2.24, 2.45) is 4.99 Å². The van der Waals surface area contributed by atoms with E-state index >= 15 is 0 Å². The highest BCUT2D eigenvalue weighted by molar-refractivity contribution is 5.89. The summed E-state index contributed by atoms with van der Waals surface area (Å²) >= 11 is 0. The fourth-order valence-electron chi connectivity index (χ4n) is 2.89. The maximum Gasteiger partial charge on any atom is 0.319 e. The molecule has 0 saturated carbocycles. The molecule has 7 nitrogen and oxygen atoms in total. The zero-order chi connectivity index (χ0) is 22.8. The second-order valence-corrected chi connectivity index (χ2v) is 8.01. The van der Waals surface area contributed by atoms with Crippen molar-refractivity contribution < 1.29 is 9.53 Å². The molecule has 0 radical (unpaired) electrons. The fraction of sp³-hybridized carbons (Fsp3) is 0.417. The third kappa shape index (κ3) is 8.58. The summed E-state index contributed by atoms with van der Waals surface area (Å²) in [6, 6.07) is 13.8. The summed E-state index contributed by atoms with van der Waals surface area (Å²) in [5.41, 5.74) is 4.08. The van der Waals surface area contributed by atoms with Crippen molar-refractivity contribution in [3.05, 3.63) is 59.2 Å². The summed E-state index contributed by atoms with van der Waals surface area (Å²) in [6.07, 6.45) is 0.117. The second kappa shape index (κ2) is 11.8. The molecular weight excluding hydrogens is 390 g/mol. The molecule has 2 aromatic rings. The lowest BCUT2D eigenvalue weighted by molar-refractivity contribution is 0.239. The summed E-state index contributed by atoms with van der Waals surface area (Å²) in [4.78, 5) is 16.1. The largest absolute Gasteiger partial charge is 0.491 e. The molecule has 0 unspecified atom stereocenters. The van der Waals surface area contributed by atoms with Crippen LogP contribution < -0.4 is 26.0 Å². The maximum absolute atomic E-state index is 11.8. The number of nitrogens with one attached hydrogen (secondary N) is 4. The van der Waals surface area contributed by atoms with Crippen molar-refractivity contribution in [1.29, 1.82) is 0 Å². The van der Waals surface area contributed by atoms with Crippen LogP contribution in [0.3, 0.4) is 0 Å². The lowest BCUT2D eigenvalue weighted by Crippen LogP contribution is -2.36. The van der Waals surface area contributed by atoms with Gasteiger partial charge in [-0.15, -0.1) is 0 Å². The molecule has 7 heteroatoms. The van der Waals surface area contributed by atoms with Crippen molar-refractivity contribution in [2.45, 2.75) is 59.9 Å². The number of carbonyl (C=O) groups excluding carboxylic acids is 1. The van der Waals surface area contributed by atoms with Crippen LogP contribution in [0.15, 0.2) is 47.5 Å². The number of ether oxygens (including phenoxy) is 1. The predicted molar refractivity (Wildman–Crippen MR) is 128 cm³/mol. The van der Waals surface area contributed by atoms with Gasteiger partial charge < -0.3 is 26.0 Å². The topological polar surface area (TPSA) is 86.8 Å². The fourth-order valence-corrected chi connectivity index (χ4v) is 2.89. The van der Waals surface area contributed by atoms with E-state index in [1.165, 1.54) is 5.56 Å². The third-order valence-electron chi connectivity index (χ3n) is 4.35. The minimum Gasteiger partial charge on any atom is -0.491 e. The molecule has 2 amide bonds. The Hall–Kier alpha value is -3.22. The molecule has 0 aliphatic carbocycles. The molecule has 2 rings (SSSR count). The summed E-state index contributed by atoms with van der Waals surface area (Å²) < 4.78 is 5.95. The molecule has 0 heterocycles. The number of hydrogen-bond donors (Lipinski definition) is 4. The van der Waals surface area contributed by atoms with Gasteiger partial charge in [0, 0.05) is 37.4 Å². The van der Waals surface area contributed by atoms with Gasteiger partial charge in [0.1, 0.15) is 5.75 Å². The van der Waals surface area contributed by atoms with Crippen molar-refractivity contribution in [1.82, 2.24) is 16.0 Å². The average Bonchev–Trinajstić information content (AvgIpc) is 2.69. The first-order chi connectivity index (χ1) is 14.8. The molecule has 4 N–H and O–H groups in total. The van der Waals surface area contributed by atoms with Gasteiger partial charge in [-0.05, 0) is 63.9 Å². The average molecular weight is 426 g/mol. The lowest BCUT2D eigenvalue weighted by atomic mass is 10.1. The molecule has 0 bridgehead atoms. The van der Waals surface area contributed by atoms with Crippen LogP contribution in [-0.4, -0.2) is 31.2 Å². The number of nitrogens with zero attached hydrogens (tertiary/aromatic N) is 1. The molecule has 0 fully saturated rings. The highest BCUT2D eigenvalue weighted by Crippen LogP contribution is 2.21. The molecule has 0 aliphatic rings. The van der Waals surface area contributed by atoms with Crippen LogP contribution in [0, 0.1) is 6.92 Å². The molecule has 2 aromatic carbocycles. The van der Waals surface area contributed by atoms with E-state index in [1.54, 1.807) is 7.05 Å². The van der Waals surface area contributed by atoms with Crippen LogP contribution in [0.4, 0.5) is 10.5 Å². The molecule has 0 aliphatic heterocycles. The van der Waals surface area contributed by atoms with Crippen LogP contribution in [0.2, 0.25) is 0 Å². The van der Waals surface area contributed by atoms with Crippen LogP contribution in [0.5, 0.6) is 5.75 Å². The first-order valence-electron chi connectivity index (χ1n) is 10.6. The standard InChI is InChI=1S/C24H35N5O2/c1-16(2)28-24(30)29-21-11-8-19(9-12-21)14-26-23(25-6)27-15-20-10-7-18(5)13-22(20)31-17(3)4/h7-13,16-17H,14-15H2,1-6H3,(H2,25,26,27)(H2,28,29,30). The number of amides is 2. The number of aliphatic imine (C=N–C) groups is 1. The van der Waals surface area contributed by atoms with Gasteiger partial charge in [-0.3, -0.25) is 4.99 Å². The van der Waals surface area contributed by atoms with Gasteiger partial charge in [-0.25, -0.2) is 4.79 Å². The molecule has 0 saturated heterocycles. The Bertz CT molecular complexity index is 876. The monoisotopic (exact) mass is 425 g/mol. The Morgan fingerprint density at radius 2 is 1.68 bits per heavy atom. The van der Waals surface area contributed by atoms with E-state index in [0.717, 1.165) is 22.6 Å². The van der Waals surface area contributed by atoms with Gasteiger partial charge in [0.05, 0.1) is 6.10 Å². The molecule has 0 spiro atoms.